The molecular formula is C17H22N4O2. The summed E-state index contributed by atoms with van der Waals surface area (Å²) in [4.78, 5) is 8.18. The molecule has 0 unspecified atom stereocenters. The molecule has 0 spiro atoms. The smallest absolute Gasteiger partial charge is 0.222 e. The first-order valence-corrected chi connectivity index (χ1v) is 7.59. The maximum Gasteiger partial charge on any atom is 0.222 e. The summed E-state index contributed by atoms with van der Waals surface area (Å²) in [6, 6.07) is 9.85. The Bertz CT molecular complexity index is 644. The van der Waals surface area contributed by atoms with Gasteiger partial charge in [-0.15, -0.1) is 0 Å². The highest BCUT2D eigenvalue weighted by molar-refractivity contribution is 5.54. The van der Waals surface area contributed by atoms with Gasteiger partial charge in [0, 0.05) is 5.70 Å². The number of anilines is 2. The van der Waals surface area contributed by atoms with Crippen molar-refractivity contribution in [1.82, 2.24) is 9.97 Å². The molecule has 0 aliphatic heterocycles. The van der Waals surface area contributed by atoms with E-state index >= 15 is 0 Å². The number of aromatic nitrogens is 2. The van der Waals surface area contributed by atoms with Gasteiger partial charge in [0.1, 0.15) is 6.61 Å². The number of aliphatic hydroxyl groups is 1. The third-order valence-corrected chi connectivity index (χ3v) is 3.15. The summed E-state index contributed by atoms with van der Waals surface area (Å²) in [5.74, 6) is 1.18. The molecule has 2 aromatic rings. The van der Waals surface area contributed by atoms with Gasteiger partial charge in [0.05, 0.1) is 12.8 Å². The average Bonchev–Trinajstić information content (AvgIpc) is 2.55. The number of nitrogens with one attached hydrogen (secondary N) is 1. The lowest BCUT2D eigenvalue weighted by Crippen LogP contribution is -2.08. The van der Waals surface area contributed by atoms with E-state index < -0.39 is 0 Å². The number of hydrogen-bond donors (Lipinski definition) is 3. The SMILES string of the molecule is CCC/C(=C\CO)Nc1nc(N)ncc1OCc1ccccc1. The lowest BCUT2D eigenvalue weighted by atomic mass is 10.2. The average molecular weight is 314 g/mol. The Kier molecular flexibility index (Phi) is 6.38. The van der Waals surface area contributed by atoms with Crippen molar-refractivity contribution >= 4 is 11.8 Å². The minimum Gasteiger partial charge on any atom is -0.483 e. The first kappa shape index (κ1) is 16.8. The molecule has 0 fully saturated rings. The minimum atomic E-state index is -0.0386. The Labute approximate surface area is 136 Å². The molecule has 23 heavy (non-hydrogen) atoms. The van der Waals surface area contributed by atoms with Crippen LogP contribution in [0.3, 0.4) is 0 Å². The van der Waals surface area contributed by atoms with Gasteiger partial charge < -0.3 is 20.9 Å². The third-order valence-electron chi connectivity index (χ3n) is 3.15. The maximum atomic E-state index is 9.11. The summed E-state index contributed by atoms with van der Waals surface area (Å²) >= 11 is 0. The lowest BCUT2D eigenvalue weighted by molar-refractivity contribution is 0.305. The predicted octanol–water partition coefficient (Wildman–Crippen LogP) is 2.73. The molecule has 6 nitrogen and oxygen atoms in total. The zero-order valence-corrected chi connectivity index (χ0v) is 13.2. The molecule has 0 radical (unpaired) electrons. The van der Waals surface area contributed by atoms with Crippen LogP contribution in [-0.2, 0) is 6.61 Å². The summed E-state index contributed by atoms with van der Waals surface area (Å²) in [5, 5.41) is 12.3. The van der Waals surface area contributed by atoms with Gasteiger partial charge in [-0.2, -0.15) is 4.98 Å². The Morgan fingerprint density at radius 3 is 2.83 bits per heavy atom. The van der Waals surface area contributed by atoms with Gasteiger partial charge in [-0.3, -0.25) is 0 Å². The third kappa shape index (κ3) is 5.27. The number of benzene rings is 1. The van der Waals surface area contributed by atoms with Gasteiger partial charge in [0.25, 0.3) is 0 Å². The Morgan fingerprint density at radius 1 is 1.35 bits per heavy atom. The zero-order valence-electron chi connectivity index (χ0n) is 13.2. The minimum absolute atomic E-state index is 0.0386. The van der Waals surface area contributed by atoms with Crippen LogP contribution >= 0.6 is 0 Å². The van der Waals surface area contributed by atoms with E-state index in [1.807, 2.05) is 30.3 Å². The van der Waals surface area contributed by atoms with Gasteiger partial charge in [0.15, 0.2) is 11.6 Å². The molecule has 1 aromatic heterocycles. The van der Waals surface area contributed by atoms with Gasteiger partial charge >= 0.3 is 0 Å². The molecule has 0 amide bonds. The van der Waals surface area contributed by atoms with E-state index in [4.69, 9.17) is 15.6 Å². The molecule has 1 heterocycles. The van der Waals surface area contributed by atoms with E-state index in [9.17, 15) is 0 Å². The van der Waals surface area contributed by atoms with Crippen LogP contribution in [0.4, 0.5) is 11.8 Å². The maximum absolute atomic E-state index is 9.11. The topological polar surface area (TPSA) is 93.3 Å². The van der Waals surface area contributed by atoms with Crippen LogP contribution in [0.2, 0.25) is 0 Å². The van der Waals surface area contributed by atoms with E-state index in [0.29, 0.717) is 18.2 Å². The normalized spacial score (nSPS) is 11.3. The zero-order chi connectivity index (χ0) is 16.5. The molecule has 0 bridgehead atoms. The molecule has 0 atom stereocenters. The number of ether oxygens (including phenoxy) is 1. The van der Waals surface area contributed by atoms with Gasteiger partial charge in [-0.25, -0.2) is 4.98 Å². The van der Waals surface area contributed by atoms with Gasteiger partial charge in [0.2, 0.25) is 5.95 Å². The molecule has 0 saturated carbocycles. The largest absolute Gasteiger partial charge is 0.483 e. The Morgan fingerprint density at radius 2 is 2.13 bits per heavy atom. The summed E-state index contributed by atoms with van der Waals surface area (Å²) in [7, 11) is 0. The summed E-state index contributed by atoms with van der Waals surface area (Å²) in [5.41, 5.74) is 7.60. The molecule has 6 heteroatoms. The summed E-state index contributed by atoms with van der Waals surface area (Å²) < 4.78 is 5.80. The van der Waals surface area contributed by atoms with Crippen molar-refractivity contribution < 1.29 is 9.84 Å². The molecule has 2 rings (SSSR count). The number of rotatable bonds is 8. The number of nitrogen functional groups attached to an aromatic ring is 1. The lowest BCUT2D eigenvalue weighted by Gasteiger charge is -2.14. The number of nitrogens with zero attached hydrogens (tertiary/aromatic N) is 2. The van der Waals surface area contributed by atoms with Crippen molar-refractivity contribution in [2.75, 3.05) is 17.7 Å². The second-order valence-electron chi connectivity index (χ2n) is 5.00. The van der Waals surface area contributed by atoms with Gasteiger partial charge in [-0.05, 0) is 18.1 Å². The second kappa shape index (κ2) is 8.75. The van der Waals surface area contributed by atoms with Crippen molar-refractivity contribution in [3.63, 3.8) is 0 Å². The van der Waals surface area contributed by atoms with Crippen LogP contribution in [0, 0.1) is 0 Å². The summed E-state index contributed by atoms with van der Waals surface area (Å²) in [6.07, 6.45) is 5.00. The molecule has 0 aliphatic rings. The highest BCUT2D eigenvalue weighted by Gasteiger charge is 2.09. The van der Waals surface area contributed by atoms with Crippen LogP contribution in [0.5, 0.6) is 5.75 Å². The first-order valence-electron chi connectivity index (χ1n) is 7.59. The van der Waals surface area contributed by atoms with Crippen molar-refractivity contribution in [2.24, 2.45) is 0 Å². The molecule has 4 N–H and O–H groups in total. The van der Waals surface area contributed by atoms with E-state index in [1.54, 1.807) is 12.3 Å². The quantitative estimate of drug-likeness (QED) is 0.693. The number of aliphatic hydroxyl groups excluding tert-OH is 1. The first-order chi connectivity index (χ1) is 11.2. The molecule has 0 aliphatic carbocycles. The van der Waals surface area contributed by atoms with Crippen molar-refractivity contribution in [3.8, 4) is 5.75 Å². The molecule has 1 aromatic carbocycles. The Balaban J connectivity index is 2.14. The van der Waals surface area contributed by atoms with Crippen LogP contribution in [0.15, 0.2) is 48.3 Å². The monoisotopic (exact) mass is 314 g/mol. The van der Waals surface area contributed by atoms with Crippen LogP contribution in [0.1, 0.15) is 25.3 Å². The van der Waals surface area contributed by atoms with Crippen LogP contribution < -0.4 is 15.8 Å². The van der Waals surface area contributed by atoms with E-state index in [1.165, 1.54) is 0 Å². The van der Waals surface area contributed by atoms with Crippen molar-refractivity contribution in [2.45, 2.75) is 26.4 Å². The summed E-state index contributed by atoms with van der Waals surface area (Å²) in [6.45, 7) is 2.44. The van der Waals surface area contributed by atoms with Gasteiger partial charge in [-0.1, -0.05) is 43.7 Å². The number of nitrogens with two attached hydrogens (primary N) is 1. The second-order valence-corrected chi connectivity index (χ2v) is 5.00. The highest BCUT2D eigenvalue weighted by Crippen LogP contribution is 2.25. The van der Waals surface area contributed by atoms with E-state index in [2.05, 4.69) is 22.2 Å². The molecule has 0 saturated heterocycles. The Hall–Kier alpha value is -2.60. The fourth-order valence-corrected chi connectivity index (χ4v) is 2.06. The van der Waals surface area contributed by atoms with Crippen LogP contribution in [-0.4, -0.2) is 21.7 Å². The standard InChI is InChI=1S/C17H22N4O2/c1-2-6-14(9-10-22)20-16-15(11-19-17(18)21-16)23-12-13-7-4-3-5-8-13/h3-5,7-9,11,22H,2,6,10,12H2,1H3,(H3,18,19,20,21)/b14-9+. The molecule has 122 valence electrons. The van der Waals surface area contributed by atoms with Crippen molar-refractivity contribution in [1.29, 1.82) is 0 Å². The predicted molar refractivity (Wildman–Crippen MR) is 90.9 cm³/mol. The number of allylic oxidation sites excluding steroid dienone is 1. The number of hydrogen-bond acceptors (Lipinski definition) is 6. The molecular weight excluding hydrogens is 292 g/mol. The fraction of sp³-hybridized carbons (Fsp3) is 0.294. The highest BCUT2D eigenvalue weighted by atomic mass is 16.5. The van der Waals surface area contributed by atoms with E-state index in [0.717, 1.165) is 24.1 Å². The van der Waals surface area contributed by atoms with Crippen molar-refractivity contribution in [3.05, 3.63) is 53.9 Å². The fourth-order valence-electron chi connectivity index (χ4n) is 2.06. The van der Waals surface area contributed by atoms with E-state index in [-0.39, 0.29) is 12.6 Å². The van der Waals surface area contributed by atoms with Crippen LogP contribution in [0.25, 0.3) is 0 Å².